The summed E-state index contributed by atoms with van der Waals surface area (Å²) in [7, 11) is 0. The lowest BCUT2D eigenvalue weighted by atomic mass is 10.1. The van der Waals surface area contributed by atoms with Crippen molar-refractivity contribution in [3.05, 3.63) is 59.9 Å². The SMILES string of the molecule is C/C(CCc1ccc(OC(F)F)cc1)=N/NC(=O)c1cccnc1. The van der Waals surface area contributed by atoms with Crippen LogP contribution in [0.3, 0.4) is 0 Å². The Balaban J connectivity index is 1.81. The van der Waals surface area contributed by atoms with Crippen molar-refractivity contribution in [2.45, 2.75) is 26.4 Å². The van der Waals surface area contributed by atoms with Gasteiger partial charge in [-0.05, 0) is 49.6 Å². The number of pyridine rings is 1. The Hall–Kier alpha value is -2.83. The molecule has 0 atom stereocenters. The van der Waals surface area contributed by atoms with E-state index in [2.05, 4.69) is 20.2 Å². The number of aromatic nitrogens is 1. The predicted molar refractivity (Wildman–Crippen MR) is 86.2 cm³/mol. The van der Waals surface area contributed by atoms with Crippen LogP contribution in [0.5, 0.6) is 5.75 Å². The molecule has 1 amide bonds. The van der Waals surface area contributed by atoms with E-state index in [9.17, 15) is 13.6 Å². The van der Waals surface area contributed by atoms with Gasteiger partial charge in [-0.15, -0.1) is 0 Å². The summed E-state index contributed by atoms with van der Waals surface area (Å²) < 4.78 is 28.4. The minimum atomic E-state index is -2.83. The summed E-state index contributed by atoms with van der Waals surface area (Å²) in [5.74, 6) is -0.196. The molecule has 7 heteroatoms. The second-order valence-electron chi connectivity index (χ2n) is 5.05. The van der Waals surface area contributed by atoms with Gasteiger partial charge in [-0.1, -0.05) is 12.1 Å². The number of benzene rings is 1. The molecule has 0 saturated carbocycles. The van der Waals surface area contributed by atoms with Gasteiger partial charge in [-0.3, -0.25) is 9.78 Å². The van der Waals surface area contributed by atoms with Gasteiger partial charge in [0.25, 0.3) is 5.91 Å². The summed E-state index contributed by atoms with van der Waals surface area (Å²) in [4.78, 5) is 15.7. The summed E-state index contributed by atoms with van der Waals surface area (Å²) in [6.07, 6.45) is 4.35. The molecule has 0 aliphatic rings. The van der Waals surface area contributed by atoms with Gasteiger partial charge in [-0.25, -0.2) is 5.43 Å². The highest BCUT2D eigenvalue weighted by Crippen LogP contribution is 2.15. The van der Waals surface area contributed by atoms with E-state index >= 15 is 0 Å². The monoisotopic (exact) mass is 333 g/mol. The van der Waals surface area contributed by atoms with Crippen LogP contribution in [0.1, 0.15) is 29.3 Å². The molecule has 1 aromatic carbocycles. The van der Waals surface area contributed by atoms with Crippen LogP contribution in [0.2, 0.25) is 0 Å². The summed E-state index contributed by atoms with van der Waals surface area (Å²) in [5, 5.41) is 4.04. The second kappa shape index (κ2) is 8.71. The number of hydrazone groups is 1. The van der Waals surface area contributed by atoms with E-state index in [1.54, 1.807) is 37.4 Å². The number of carbonyl (C=O) groups excluding carboxylic acids is 1. The molecule has 0 saturated heterocycles. The quantitative estimate of drug-likeness (QED) is 0.624. The fraction of sp³-hybridized carbons (Fsp3) is 0.235. The maximum absolute atomic E-state index is 12.1. The molecule has 0 radical (unpaired) electrons. The van der Waals surface area contributed by atoms with Crippen LogP contribution in [0, 0.1) is 0 Å². The number of ether oxygens (including phenoxy) is 1. The van der Waals surface area contributed by atoms with Crippen molar-refractivity contribution in [2.24, 2.45) is 5.10 Å². The van der Waals surface area contributed by atoms with E-state index in [0.29, 0.717) is 18.4 Å². The number of hydrogen-bond donors (Lipinski definition) is 1. The number of nitrogens with zero attached hydrogens (tertiary/aromatic N) is 2. The second-order valence-corrected chi connectivity index (χ2v) is 5.05. The number of halogens is 2. The molecule has 0 aliphatic heterocycles. The number of nitrogens with one attached hydrogen (secondary N) is 1. The molecule has 0 bridgehead atoms. The first-order valence-electron chi connectivity index (χ1n) is 7.32. The summed E-state index contributed by atoms with van der Waals surface area (Å²) in [6.45, 7) is -1.02. The predicted octanol–water partition coefficient (Wildman–Crippen LogP) is 3.42. The van der Waals surface area contributed by atoms with E-state index in [1.165, 1.54) is 18.3 Å². The molecule has 5 nitrogen and oxygen atoms in total. The Labute approximate surface area is 138 Å². The van der Waals surface area contributed by atoms with Gasteiger partial charge in [-0.2, -0.15) is 13.9 Å². The molecule has 1 heterocycles. The highest BCUT2D eigenvalue weighted by atomic mass is 19.3. The zero-order valence-electron chi connectivity index (χ0n) is 13.1. The molecule has 0 unspecified atom stereocenters. The fourth-order valence-electron chi connectivity index (χ4n) is 1.93. The van der Waals surface area contributed by atoms with Gasteiger partial charge in [0.2, 0.25) is 0 Å². The van der Waals surface area contributed by atoms with Gasteiger partial charge in [0.1, 0.15) is 5.75 Å². The van der Waals surface area contributed by atoms with Crippen molar-refractivity contribution in [1.29, 1.82) is 0 Å². The lowest BCUT2D eigenvalue weighted by Crippen LogP contribution is -2.19. The van der Waals surface area contributed by atoms with E-state index in [4.69, 9.17) is 0 Å². The summed E-state index contributed by atoms with van der Waals surface area (Å²) in [5.41, 5.74) is 4.62. The van der Waals surface area contributed by atoms with E-state index < -0.39 is 6.61 Å². The molecule has 2 rings (SSSR count). The Morgan fingerprint density at radius 2 is 2.04 bits per heavy atom. The van der Waals surface area contributed by atoms with Gasteiger partial charge < -0.3 is 4.74 Å². The number of hydrogen-bond acceptors (Lipinski definition) is 4. The van der Waals surface area contributed by atoms with Crippen molar-refractivity contribution in [3.63, 3.8) is 0 Å². The van der Waals surface area contributed by atoms with Crippen LogP contribution in [0.15, 0.2) is 53.9 Å². The highest BCUT2D eigenvalue weighted by molar-refractivity contribution is 5.94. The maximum atomic E-state index is 12.1. The van der Waals surface area contributed by atoms with Crippen molar-refractivity contribution in [2.75, 3.05) is 0 Å². The van der Waals surface area contributed by atoms with E-state index in [-0.39, 0.29) is 11.7 Å². The van der Waals surface area contributed by atoms with Gasteiger partial charge >= 0.3 is 6.61 Å². The number of alkyl halides is 2. The van der Waals surface area contributed by atoms with Crippen molar-refractivity contribution >= 4 is 11.6 Å². The van der Waals surface area contributed by atoms with Gasteiger partial charge in [0.05, 0.1) is 5.56 Å². The van der Waals surface area contributed by atoms with Crippen LogP contribution < -0.4 is 10.2 Å². The molecular formula is C17H17F2N3O2. The maximum Gasteiger partial charge on any atom is 0.387 e. The van der Waals surface area contributed by atoms with Crippen LogP contribution in [0.25, 0.3) is 0 Å². The normalized spacial score (nSPS) is 11.4. The largest absolute Gasteiger partial charge is 0.435 e. The van der Waals surface area contributed by atoms with Crippen molar-refractivity contribution in [3.8, 4) is 5.75 Å². The van der Waals surface area contributed by atoms with Crippen LogP contribution in [-0.4, -0.2) is 23.2 Å². The summed E-state index contributed by atoms with van der Waals surface area (Å²) >= 11 is 0. The Morgan fingerprint density at radius 3 is 2.67 bits per heavy atom. The number of amides is 1. The molecule has 0 fully saturated rings. The summed E-state index contributed by atoms with van der Waals surface area (Å²) in [6, 6.07) is 9.76. The number of carbonyl (C=O) groups is 1. The molecule has 0 spiro atoms. The third-order valence-corrected chi connectivity index (χ3v) is 3.20. The standard InChI is InChI=1S/C17H17F2N3O2/c1-12(21-22-16(23)14-3-2-10-20-11-14)4-5-13-6-8-15(9-7-13)24-17(18)19/h2-3,6-11,17H,4-5H2,1H3,(H,22,23)/b21-12-. The number of aryl methyl sites for hydroxylation is 1. The first-order valence-corrected chi connectivity index (χ1v) is 7.32. The molecule has 126 valence electrons. The van der Waals surface area contributed by atoms with Crippen molar-refractivity contribution < 1.29 is 18.3 Å². The van der Waals surface area contributed by atoms with E-state index in [1.807, 2.05) is 0 Å². The minimum Gasteiger partial charge on any atom is -0.435 e. The number of rotatable bonds is 7. The Bertz CT molecular complexity index is 689. The third-order valence-electron chi connectivity index (χ3n) is 3.20. The van der Waals surface area contributed by atoms with Crippen LogP contribution >= 0.6 is 0 Å². The highest BCUT2D eigenvalue weighted by Gasteiger charge is 2.05. The van der Waals surface area contributed by atoms with Crippen LogP contribution in [-0.2, 0) is 6.42 Å². The molecule has 1 N–H and O–H groups in total. The van der Waals surface area contributed by atoms with Gasteiger partial charge in [0, 0.05) is 18.1 Å². The minimum absolute atomic E-state index is 0.128. The van der Waals surface area contributed by atoms with E-state index in [0.717, 1.165) is 11.3 Å². The van der Waals surface area contributed by atoms with Crippen molar-refractivity contribution in [1.82, 2.24) is 10.4 Å². The molecule has 0 aliphatic carbocycles. The topological polar surface area (TPSA) is 63.6 Å². The zero-order valence-corrected chi connectivity index (χ0v) is 13.1. The molecular weight excluding hydrogens is 316 g/mol. The molecule has 24 heavy (non-hydrogen) atoms. The first kappa shape index (κ1) is 17.5. The smallest absolute Gasteiger partial charge is 0.387 e. The lowest BCUT2D eigenvalue weighted by molar-refractivity contribution is -0.0498. The average Bonchev–Trinajstić information content (AvgIpc) is 2.59. The molecule has 2 aromatic rings. The Kier molecular flexibility index (Phi) is 6.36. The fourth-order valence-corrected chi connectivity index (χ4v) is 1.93. The van der Waals surface area contributed by atoms with Crippen LogP contribution in [0.4, 0.5) is 8.78 Å². The Morgan fingerprint density at radius 1 is 1.29 bits per heavy atom. The third kappa shape index (κ3) is 5.75. The zero-order chi connectivity index (χ0) is 17.4. The average molecular weight is 333 g/mol. The van der Waals surface area contributed by atoms with Gasteiger partial charge in [0.15, 0.2) is 0 Å². The first-order chi connectivity index (χ1) is 11.5. The lowest BCUT2D eigenvalue weighted by Gasteiger charge is -2.06. The molecule has 1 aromatic heterocycles.